The zero-order valence-corrected chi connectivity index (χ0v) is 8.71. The molecule has 60 valence electrons. The molecule has 1 nitrogen and oxygen atoms in total. The Morgan fingerprint density at radius 1 is 1.82 bits per heavy atom. The van der Waals surface area contributed by atoms with Gasteiger partial charge in [0.2, 0.25) is 0 Å². The highest BCUT2D eigenvalue weighted by Gasteiger charge is 1.93. The van der Waals surface area contributed by atoms with E-state index in [1.54, 1.807) is 11.3 Å². The van der Waals surface area contributed by atoms with E-state index in [0.717, 1.165) is 4.47 Å². The zero-order valence-electron chi connectivity index (χ0n) is 6.30. The first-order valence-corrected chi connectivity index (χ1v) is 5.01. The van der Waals surface area contributed by atoms with E-state index in [4.69, 9.17) is 5.73 Å². The number of hydrogen-bond donors (Lipinski definition) is 1. The highest BCUT2D eigenvalue weighted by atomic mass is 79.9. The molecular formula is C8H10BrNS. The Balaban J connectivity index is 2.78. The molecule has 3 heteroatoms. The predicted molar refractivity (Wildman–Crippen MR) is 54.7 cm³/mol. The summed E-state index contributed by atoms with van der Waals surface area (Å²) in [4.78, 5) is 1.25. The van der Waals surface area contributed by atoms with Crippen LogP contribution < -0.4 is 5.73 Å². The van der Waals surface area contributed by atoms with Gasteiger partial charge >= 0.3 is 0 Å². The van der Waals surface area contributed by atoms with Gasteiger partial charge in [-0.05, 0) is 35.0 Å². The van der Waals surface area contributed by atoms with Crippen molar-refractivity contribution in [3.63, 3.8) is 0 Å². The lowest BCUT2D eigenvalue weighted by atomic mass is 10.2. The molecule has 0 saturated heterocycles. The van der Waals surface area contributed by atoms with Crippen molar-refractivity contribution in [1.82, 2.24) is 0 Å². The van der Waals surface area contributed by atoms with Gasteiger partial charge in [0.1, 0.15) is 0 Å². The molecule has 0 saturated carbocycles. The first-order valence-electron chi connectivity index (χ1n) is 3.33. The summed E-state index contributed by atoms with van der Waals surface area (Å²) in [5.41, 5.74) is 6.66. The largest absolute Gasteiger partial charge is 0.327 e. The van der Waals surface area contributed by atoms with Gasteiger partial charge < -0.3 is 5.73 Å². The topological polar surface area (TPSA) is 26.0 Å². The van der Waals surface area contributed by atoms with Crippen LogP contribution in [0.25, 0.3) is 6.08 Å². The smallest absolute Gasteiger partial charge is 0.0288 e. The maximum atomic E-state index is 5.45. The Morgan fingerprint density at radius 3 is 3.00 bits per heavy atom. The normalized spacial score (nSPS) is 12.1. The van der Waals surface area contributed by atoms with E-state index in [9.17, 15) is 0 Å². The van der Waals surface area contributed by atoms with E-state index in [1.807, 2.05) is 6.92 Å². The van der Waals surface area contributed by atoms with Crippen LogP contribution in [0.4, 0.5) is 0 Å². The minimum atomic E-state index is 0.634. The van der Waals surface area contributed by atoms with Crippen LogP contribution in [0.1, 0.15) is 11.8 Å². The van der Waals surface area contributed by atoms with Crippen molar-refractivity contribution in [2.75, 3.05) is 6.54 Å². The van der Waals surface area contributed by atoms with Crippen LogP contribution in [-0.2, 0) is 0 Å². The van der Waals surface area contributed by atoms with Gasteiger partial charge in [0.05, 0.1) is 0 Å². The summed E-state index contributed by atoms with van der Waals surface area (Å²) >= 11 is 5.11. The summed E-state index contributed by atoms with van der Waals surface area (Å²) in [7, 11) is 0. The third-order valence-corrected chi connectivity index (χ3v) is 2.94. The van der Waals surface area contributed by atoms with Crippen molar-refractivity contribution < 1.29 is 0 Å². The van der Waals surface area contributed by atoms with Crippen LogP contribution in [0.3, 0.4) is 0 Å². The predicted octanol–water partition coefficient (Wildman–Crippen LogP) is 2.87. The summed E-state index contributed by atoms with van der Waals surface area (Å²) in [6.45, 7) is 2.67. The molecule has 0 radical (unpaired) electrons. The van der Waals surface area contributed by atoms with E-state index in [-0.39, 0.29) is 0 Å². The number of nitrogens with two attached hydrogens (primary N) is 1. The molecule has 0 aromatic carbocycles. The third kappa shape index (κ3) is 2.77. The molecular weight excluding hydrogens is 222 g/mol. The molecule has 0 fully saturated rings. The van der Waals surface area contributed by atoms with Crippen molar-refractivity contribution in [2.24, 2.45) is 5.73 Å². The van der Waals surface area contributed by atoms with Crippen LogP contribution in [-0.4, -0.2) is 6.54 Å². The average Bonchev–Trinajstić information content (AvgIpc) is 2.35. The van der Waals surface area contributed by atoms with Crippen molar-refractivity contribution in [2.45, 2.75) is 6.92 Å². The molecule has 1 rings (SSSR count). The van der Waals surface area contributed by atoms with E-state index in [2.05, 4.69) is 33.5 Å². The molecule has 0 aliphatic heterocycles. The zero-order chi connectivity index (χ0) is 8.27. The van der Waals surface area contributed by atoms with Gasteiger partial charge in [-0.1, -0.05) is 5.57 Å². The Morgan fingerprint density at radius 2 is 2.55 bits per heavy atom. The maximum Gasteiger partial charge on any atom is 0.0288 e. The summed E-state index contributed by atoms with van der Waals surface area (Å²) in [6, 6.07) is 2.09. The highest BCUT2D eigenvalue weighted by Crippen LogP contribution is 2.21. The quantitative estimate of drug-likeness (QED) is 0.833. The van der Waals surface area contributed by atoms with Crippen LogP contribution >= 0.6 is 27.3 Å². The lowest BCUT2D eigenvalue weighted by Gasteiger charge is -1.91. The number of hydrogen-bond acceptors (Lipinski definition) is 2. The Labute approximate surface area is 79.0 Å². The van der Waals surface area contributed by atoms with Gasteiger partial charge in [-0.25, -0.2) is 0 Å². The Bertz CT molecular complexity index is 265. The molecule has 0 unspecified atom stereocenters. The summed E-state index contributed by atoms with van der Waals surface area (Å²) in [5.74, 6) is 0. The van der Waals surface area contributed by atoms with Gasteiger partial charge in [-0.3, -0.25) is 0 Å². The van der Waals surface area contributed by atoms with E-state index in [1.165, 1.54) is 10.5 Å². The van der Waals surface area contributed by atoms with Gasteiger partial charge in [-0.2, -0.15) is 0 Å². The van der Waals surface area contributed by atoms with Gasteiger partial charge in [0.25, 0.3) is 0 Å². The minimum Gasteiger partial charge on any atom is -0.327 e. The molecule has 1 aromatic heterocycles. The summed E-state index contributed by atoms with van der Waals surface area (Å²) in [6.07, 6.45) is 2.11. The van der Waals surface area contributed by atoms with E-state index < -0.39 is 0 Å². The molecule has 0 aliphatic carbocycles. The molecule has 2 N–H and O–H groups in total. The molecule has 0 bridgehead atoms. The molecule has 0 amide bonds. The Kier molecular flexibility index (Phi) is 3.30. The van der Waals surface area contributed by atoms with Crippen LogP contribution in [0.2, 0.25) is 0 Å². The Hall–Kier alpha value is -0.120. The highest BCUT2D eigenvalue weighted by molar-refractivity contribution is 9.10. The summed E-state index contributed by atoms with van der Waals surface area (Å²) in [5, 5.41) is 2.07. The van der Waals surface area contributed by atoms with E-state index in [0.29, 0.717) is 6.54 Å². The second-order valence-corrected chi connectivity index (χ2v) is 4.22. The second kappa shape index (κ2) is 4.04. The molecule has 0 atom stereocenters. The van der Waals surface area contributed by atoms with Crippen molar-refractivity contribution in [3.8, 4) is 0 Å². The molecule has 0 aliphatic rings. The fraction of sp³-hybridized carbons (Fsp3) is 0.250. The number of thiophene rings is 1. The van der Waals surface area contributed by atoms with Crippen LogP contribution in [0.5, 0.6) is 0 Å². The fourth-order valence-electron chi connectivity index (χ4n) is 0.706. The number of rotatable bonds is 2. The second-order valence-electron chi connectivity index (χ2n) is 2.36. The van der Waals surface area contributed by atoms with Crippen LogP contribution in [0.15, 0.2) is 21.5 Å². The van der Waals surface area contributed by atoms with Gasteiger partial charge in [-0.15, -0.1) is 11.3 Å². The summed E-state index contributed by atoms with van der Waals surface area (Å²) < 4.78 is 1.14. The van der Waals surface area contributed by atoms with Crippen molar-refractivity contribution in [3.05, 3.63) is 26.4 Å². The third-order valence-electron chi connectivity index (χ3n) is 1.30. The molecule has 1 aromatic rings. The number of halogens is 1. The van der Waals surface area contributed by atoms with Gasteiger partial charge in [0, 0.05) is 21.3 Å². The average molecular weight is 232 g/mol. The van der Waals surface area contributed by atoms with Crippen LogP contribution in [0, 0.1) is 0 Å². The molecule has 11 heavy (non-hydrogen) atoms. The fourth-order valence-corrected chi connectivity index (χ4v) is 2.17. The molecule has 1 heterocycles. The lowest BCUT2D eigenvalue weighted by Crippen LogP contribution is -1.98. The first-order chi connectivity index (χ1) is 5.22. The maximum absolute atomic E-state index is 5.45. The minimum absolute atomic E-state index is 0.634. The first kappa shape index (κ1) is 8.97. The van der Waals surface area contributed by atoms with E-state index >= 15 is 0 Å². The van der Waals surface area contributed by atoms with Gasteiger partial charge in [0.15, 0.2) is 0 Å². The lowest BCUT2D eigenvalue weighted by molar-refractivity contribution is 1.15. The van der Waals surface area contributed by atoms with Crippen molar-refractivity contribution in [1.29, 1.82) is 0 Å². The standard InChI is InChI=1S/C8H10BrNS/c1-6(4-10)2-8-3-7(9)5-11-8/h2-3,5H,4,10H2,1H3/b6-2+. The SMILES string of the molecule is C/C(=C\c1cc(Br)cs1)CN. The molecule has 0 spiro atoms. The monoisotopic (exact) mass is 231 g/mol. The van der Waals surface area contributed by atoms with Crippen molar-refractivity contribution >= 4 is 33.3 Å².